The largest absolute Gasteiger partial charge is 0.350 e. The quantitative estimate of drug-likeness (QED) is 0.886. The highest BCUT2D eigenvalue weighted by Gasteiger charge is 2.32. The zero-order chi connectivity index (χ0) is 13.2. The van der Waals surface area contributed by atoms with Gasteiger partial charge < -0.3 is 9.88 Å². The van der Waals surface area contributed by atoms with E-state index < -0.39 is 0 Å². The van der Waals surface area contributed by atoms with Gasteiger partial charge in [0.2, 0.25) is 0 Å². The second kappa shape index (κ2) is 5.47. The zero-order valence-electron chi connectivity index (χ0n) is 11.1. The minimum absolute atomic E-state index is 0.0438. The van der Waals surface area contributed by atoms with Crippen molar-refractivity contribution in [2.24, 2.45) is 5.41 Å². The van der Waals surface area contributed by atoms with Crippen LogP contribution in [0, 0.1) is 5.41 Å². The summed E-state index contributed by atoms with van der Waals surface area (Å²) in [5.41, 5.74) is 1.08. The molecule has 1 aliphatic carbocycles. The normalized spacial score (nSPS) is 17.3. The molecule has 0 bridgehead atoms. The van der Waals surface area contributed by atoms with Crippen LogP contribution in [0.4, 0.5) is 0 Å². The lowest BCUT2D eigenvalue weighted by Crippen LogP contribution is -2.40. The van der Waals surface area contributed by atoms with Crippen LogP contribution in [0.5, 0.6) is 0 Å². The lowest BCUT2D eigenvalue weighted by atomic mass is 9.70. The van der Waals surface area contributed by atoms with Crippen LogP contribution >= 0.6 is 15.9 Å². The Morgan fingerprint density at radius 3 is 2.83 bits per heavy atom. The van der Waals surface area contributed by atoms with Gasteiger partial charge in [0, 0.05) is 23.8 Å². The Balaban J connectivity index is 1.99. The fourth-order valence-electron chi connectivity index (χ4n) is 2.43. The molecule has 1 amide bonds. The minimum Gasteiger partial charge on any atom is -0.350 e. The van der Waals surface area contributed by atoms with Crippen LogP contribution in [0.3, 0.4) is 0 Å². The Hall–Kier alpha value is -0.770. The van der Waals surface area contributed by atoms with Gasteiger partial charge in [-0.15, -0.1) is 0 Å². The predicted molar refractivity (Wildman–Crippen MR) is 76.7 cm³/mol. The van der Waals surface area contributed by atoms with Crippen LogP contribution in [0.2, 0.25) is 0 Å². The second-order valence-electron chi connectivity index (χ2n) is 5.58. The Kier molecular flexibility index (Phi) is 4.15. The highest BCUT2D eigenvalue weighted by atomic mass is 79.9. The fraction of sp³-hybridized carbons (Fsp3) is 0.643. The van der Waals surface area contributed by atoms with Crippen molar-refractivity contribution in [3.8, 4) is 0 Å². The van der Waals surface area contributed by atoms with E-state index in [0.717, 1.165) is 29.7 Å². The summed E-state index contributed by atoms with van der Waals surface area (Å²) in [6.45, 7) is 6.04. The topological polar surface area (TPSA) is 34.0 Å². The SMILES string of the molecule is CCCn1cc(Br)cc1C(=O)NCC1(C)CCC1. The monoisotopic (exact) mass is 312 g/mol. The van der Waals surface area contributed by atoms with Gasteiger partial charge in [-0.2, -0.15) is 0 Å². The molecule has 1 heterocycles. The maximum Gasteiger partial charge on any atom is 0.267 e. The molecule has 1 N–H and O–H groups in total. The number of hydrogen-bond acceptors (Lipinski definition) is 1. The van der Waals surface area contributed by atoms with Crippen molar-refractivity contribution in [1.29, 1.82) is 0 Å². The zero-order valence-corrected chi connectivity index (χ0v) is 12.7. The van der Waals surface area contributed by atoms with Gasteiger partial charge in [0.05, 0.1) is 0 Å². The fourth-order valence-corrected chi connectivity index (χ4v) is 2.90. The van der Waals surface area contributed by atoms with E-state index in [1.807, 2.05) is 16.8 Å². The number of rotatable bonds is 5. The van der Waals surface area contributed by atoms with Crippen LogP contribution in [0.25, 0.3) is 0 Å². The number of nitrogens with one attached hydrogen (secondary N) is 1. The molecule has 0 atom stereocenters. The standard InChI is InChI=1S/C14H21BrN2O/c1-3-7-17-9-11(15)8-12(17)13(18)16-10-14(2)5-4-6-14/h8-9H,3-7,10H2,1-2H3,(H,16,18). The third kappa shape index (κ3) is 2.97. The number of carbonyl (C=O) groups excluding carboxylic acids is 1. The first kappa shape index (κ1) is 13.7. The number of amides is 1. The highest BCUT2D eigenvalue weighted by molar-refractivity contribution is 9.10. The molecule has 2 rings (SSSR count). The first-order chi connectivity index (χ1) is 8.54. The summed E-state index contributed by atoms with van der Waals surface area (Å²) in [7, 11) is 0. The molecule has 0 aromatic carbocycles. The lowest BCUT2D eigenvalue weighted by molar-refractivity contribution is 0.0881. The van der Waals surface area contributed by atoms with Crippen molar-refractivity contribution in [3.63, 3.8) is 0 Å². The van der Waals surface area contributed by atoms with Crippen LogP contribution in [-0.4, -0.2) is 17.0 Å². The minimum atomic E-state index is 0.0438. The average molecular weight is 313 g/mol. The number of hydrogen-bond donors (Lipinski definition) is 1. The van der Waals surface area contributed by atoms with E-state index in [9.17, 15) is 4.79 Å². The summed E-state index contributed by atoms with van der Waals surface area (Å²) in [5, 5.41) is 3.07. The smallest absolute Gasteiger partial charge is 0.267 e. The van der Waals surface area contributed by atoms with Gasteiger partial charge in [0.25, 0.3) is 5.91 Å². The van der Waals surface area contributed by atoms with E-state index in [2.05, 4.69) is 35.1 Å². The van der Waals surface area contributed by atoms with E-state index in [4.69, 9.17) is 0 Å². The Morgan fingerprint density at radius 1 is 1.56 bits per heavy atom. The van der Waals surface area contributed by atoms with E-state index in [1.54, 1.807) is 0 Å². The molecule has 3 nitrogen and oxygen atoms in total. The number of halogens is 1. The van der Waals surface area contributed by atoms with Gasteiger partial charge in [-0.25, -0.2) is 0 Å². The summed E-state index contributed by atoms with van der Waals surface area (Å²) < 4.78 is 2.98. The molecule has 0 saturated heterocycles. The van der Waals surface area contributed by atoms with E-state index in [0.29, 0.717) is 5.41 Å². The summed E-state index contributed by atoms with van der Waals surface area (Å²) in [5.74, 6) is 0.0438. The second-order valence-corrected chi connectivity index (χ2v) is 6.50. The van der Waals surface area contributed by atoms with Gasteiger partial charge in [-0.05, 0) is 46.7 Å². The van der Waals surface area contributed by atoms with Gasteiger partial charge in [-0.3, -0.25) is 4.79 Å². The number of aromatic nitrogens is 1. The molecule has 4 heteroatoms. The first-order valence-electron chi connectivity index (χ1n) is 6.68. The van der Waals surface area contributed by atoms with Crippen molar-refractivity contribution in [2.45, 2.75) is 46.1 Å². The van der Waals surface area contributed by atoms with Crippen molar-refractivity contribution >= 4 is 21.8 Å². The molecular formula is C14H21BrN2O. The molecule has 1 saturated carbocycles. The van der Waals surface area contributed by atoms with E-state index in [-0.39, 0.29) is 5.91 Å². The molecule has 0 radical (unpaired) electrons. The van der Waals surface area contributed by atoms with Gasteiger partial charge in [-0.1, -0.05) is 20.3 Å². The molecule has 0 aliphatic heterocycles. The van der Waals surface area contributed by atoms with Crippen molar-refractivity contribution in [2.75, 3.05) is 6.54 Å². The third-order valence-corrected chi connectivity index (χ3v) is 4.23. The number of aryl methyl sites for hydroxylation is 1. The number of nitrogens with zero attached hydrogens (tertiary/aromatic N) is 1. The van der Waals surface area contributed by atoms with Gasteiger partial charge in [0.1, 0.15) is 5.69 Å². The van der Waals surface area contributed by atoms with Crippen LogP contribution < -0.4 is 5.32 Å². The molecule has 1 aromatic rings. The molecule has 100 valence electrons. The maximum absolute atomic E-state index is 12.2. The van der Waals surface area contributed by atoms with E-state index in [1.165, 1.54) is 19.3 Å². The van der Waals surface area contributed by atoms with Crippen molar-refractivity contribution in [3.05, 3.63) is 22.4 Å². The third-order valence-electron chi connectivity index (χ3n) is 3.80. The van der Waals surface area contributed by atoms with Gasteiger partial charge >= 0.3 is 0 Å². The predicted octanol–water partition coefficient (Wildman–Crippen LogP) is 3.58. The Bertz CT molecular complexity index is 435. The molecular weight excluding hydrogens is 292 g/mol. The van der Waals surface area contributed by atoms with Crippen molar-refractivity contribution < 1.29 is 4.79 Å². The summed E-state index contributed by atoms with van der Waals surface area (Å²) in [4.78, 5) is 12.2. The van der Waals surface area contributed by atoms with Crippen molar-refractivity contribution in [1.82, 2.24) is 9.88 Å². The number of carbonyl (C=O) groups is 1. The Labute approximate surface area is 117 Å². The first-order valence-corrected chi connectivity index (χ1v) is 7.47. The van der Waals surface area contributed by atoms with Crippen LogP contribution in [-0.2, 0) is 6.54 Å². The average Bonchev–Trinajstić information content (AvgIpc) is 2.65. The molecule has 0 spiro atoms. The molecule has 18 heavy (non-hydrogen) atoms. The molecule has 1 aromatic heterocycles. The summed E-state index contributed by atoms with van der Waals surface area (Å²) >= 11 is 3.44. The van der Waals surface area contributed by atoms with Crippen LogP contribution in [0.15, 0.2) is 16.7 Å². The molecule has 1 aliphatic rings. The van der Waals surface area contributed by atoms with E-state index >= 15 is 0 Å². The van der Waals surface area contributed by atoms with Crippen LogP contribution in [0.1, 0.15) is 50.0 Å². The molecule has 0 unspecified atom stereocenters. The lowest BCUT2D eigenvalue weighted by Gasteiger charge is -2.38. The highest BCUT2D eigenvalue weighted by Crippen LogP contribution is 2.39. The Morgan fingerprint density at radius 2 is 2.28 bits per heavy atom. The van der Waals surface area contributed by atoms with Gasteiger partial charge in [0.15, 0.2) is 0 Å². The summed E-state index contributed by atoms with van der Waals surface area (Å²) in [6.07, 6.45) is 6.76. The maximum atomic E-state index is 12.2. The molecule has 1 fully saturated rings. The summed E-state index contributed by atoms with van der Waals surface area (Å²) in [6, 6.07) is 1.90.